The molecular formula is C19H13ClFeO2. The van der Waals surface area contributed by atoms with E-state index in [1.165, 1.54) is 6.08 Å². The van der Waals surface area contributed by atoms with Gasteiger partial charge in [0.25, 0.3) is 0 Å². The molecule has 116 valence electrons. The summed E-state index contributed by atoms with van der Waals surface area (Å²) in [5.74, 6) is 0.906. The molecule has 0 unspecified atom stereocenters. The Labute approximate surface area is 150 Å². The molecule has 1 aliphatic carbocycles. The van der Waals surface area contributed by atoms with Crippen LogP contribution in [-0.4, -0.2) is 0 Å². The van der Waals surface area contributed by atoms with Crippen LogP contribution in [0.5, 0.6) is 5.75 Å². The van der Waals surface area contributed by atoms with Crippen LogP contribution >= 0.6 is 11.6 Å². The summed E-state index contributed by atoms with van der Waals surface area (Å²) in [5.41, 5.74) is 1.39. The number of halogens is 1. The molecule has 2 aromatic rings. The van der Waals surface area contributed by atoms with Crippen molar-refractivity contribution in [2.45, 2.75) is 0 Å². The molecule has 0 saturated heterocycles. The van der Waals surface area contributed by atoms with E-state index in [9.17, 15) is 5.11 Å². The molecular weight excluding hydrogens is 352 g/mol. The maximum atomic E-state index is 11.9. The summed E-state index contributed by atoms with van der Waals surface area (Å²) in [5, 5.41) is 12.4. The fraction of sp³-hybridized carbons (Fsp3) is 0. The maximum absolute atomic E-state index is 11.9. The van der Waals surface area contributed by atoms with Gasteiger partial charge in [-0.3, -0.25) is 0 Å². The van der Waals surface area contributed by atoms with E-state index >= 15 is 0 Å². The summed E-state index contributed by atoms with van der Waals surface area (Å²) in [6.07, 6.45) is 9.06. The molecule has 4 heteroatoms. The Morgan fingerprint density at radius 2 is 1.70 bits per heavy atom. The van der Waals surface area contributed by atoms with Gasteiger partial charge in [0.05, 0.1) is 5.02 Å². The number of benzene rings is 1. The summed E-state index contributed by atoms with van der Waals surface area (Å²) in [4.78, 5) is 0. The van der Waals surface area contributed by atoms with Crippen LogP contribution in [0.4, 0.5) is 0 Å². The Balaban J connectivity index is 0.000000276. The van der Waals surface area contributed by atoms with E-state index in [0.717, 1.165) is 5.57 Å². The maximum Gasteiger partial charge on any atom is 2.00 e. The van der Waals surface area contributed by atoms with Crippen LogP contribution in [0.2, 0.25) is 5.02 Å². The number of fused-ring (bicyclic) bond motifs is 1. The van der Waals surface area contributed by atoms with Crippen LogP contribution in [0.15, 0.2) is 90.2 Å². The first-order valence-corrected chi connectivity index (χ1v) is 7.24. The minimum Gasteiger partial charge on any atom is -0.872 e. The van der Waals surface area contributed by atoms with Gasteiger partial charge >= 0.3 is 17.1 Å². The van der Waals surface area contributed by atoms with E-state index in [4.69, 9.17) is 16.3 Å². The fourth-order valence-electron chi connectivity index (χ4n) is 2.14. The summed E-state index contributed by atoms with van der Waals surface area (Å²) in [6.45, 7) is 0. The van der Waals surface area contributed by atoms with E-state index in [-0.39, 0.29) is 22.8 Å². The monoisotopic (exact) mass is 364 g/mol. The number of rotatable bonds is 0. The van der Waals surface area contributed by atoms with Crippen molar-refractivity contribution in [3.05, 3.63) is 101 Å². The van der Waals surface area contributed by atoms with Crippen LogP contribution in [0.25, 0.3) is 5.76 Å². The third-order valence-corrected chi connectivity index (χ3v) is 3.51. The minimum atomic E-state index is -0.0787. The number of allylic oxidation sites excluding steroid dienone is 6. The van der Waals surface area contributed by atoms with E-state index in [0.29, 0.717) is 22.1 Å². The molecule has 0 spiro atoms. The van der Waals surface area contributed by atoms with Crippen LogP contribution in [0.3, 0.4) is 0 Å². The molecule has 0 radical (unpaired) electrons. The zero-order valence-electron chi connectivity index (χ0n) is 12.1. The molecule has 0 amide bonds. The van der Waals surface area contributed by atoms with Gasteiger partial charge in [-0.1, -0.05) is 53.8 Å². The Bertz CT molecular complexity index is 752. The van der Waals surface area contributed by atoms with Crippen molar-refractivity contribution in [3.63, 3.8) is 0 Å². The minimum absolute atomic E-state index is 0. The van der Waals surface area contributed by atoms with Crippen LogP contribution in [0, 0.1) is 0 Å². The largest absolute Gasteiger partial charge is 2.00 e. The third kappa shape index (κ3) is 4.02. The molecule has 1 aliphatic heterocycles. The average Bonchev–Trinajstić information content (AvgIpc) is 3.24. The first-order chi connectivity index (χ1) is 10.8. The first kappa shape index (κ1) is 17.3. The molecule has 0 atom stereocenters. The second-order valence-corrected chi connectivity index (χ2v) is 5.13. The van der Waals surface area contributed by atoms with Crippen molar-refractivity contribution >= 4 is 17.4 Å². The molecule has 0 fully saturated rings. The topological polar surface area (TPSA) is 32.3 Å². The SMILES string of the molecule is [Fe+2].[O-]C1=CC(=C2C=CC=C2)Oc2c(Cl)cccc21.c1cc[cH-]c1. The average molecular weight is 365 g/mol. The van der Waals surface area contributed by atoms with Gasteiger partial charge in [-0.15, -0.1) is 0 Å². The quantitative estimate of drug-likeness (QED) is 0.518. The summed E-state index contributed by atoms with van der Waals surface area (Å²) in [6, 6.07) is 15.2. The molecule has 2 nitrogen and oxygen atoms in total. The van der Waals surface area contributed by atoms with Gasteiger partial charge in [0, 0.05) is 11.1 Å². The van der Waals surface area contributed by atoms with E-state index in [2.05, 4.69) is 0 Å². The van der Waals surface area contributed by atoms with Gasteiger partial charge in [0.1, 0.15) is 5.76 Å². The zero-order chi connectivity index (χ0) is 15.4. The molecule has 0 saturated carbocycles. The second-order valence-electron chi connectivity index (χ2n) is 4.73. The molecule has 4 rings (SSSR count). The molecule has 23 heavy (non-hydrogen) atoms. The molecule has 0 aromatic heterocycles. The van der Waals surface area contributed by atoms with Crippen LogP contribution < -0.4 is 9.84 Å². The number of ether oxygens (including phenoxy) is 1. The molecule has 2 aromatic carbocycles. The van der Waals surface area contributed by atoms with Crippen LogP contribution in [0.1, 0.15) is 5.56 Å². The summed E-state index contributed by atoms with van der Waals surface area (Å²) < 4.78 is 5.69. The second kappa shape index (κ2) is 7.98. The molecule has 2 aliphatic rings. The van der Waals surface area contributed by atoms with Gasteiger partial charge in [-0.05, 0) is 12.1 Å². The van der Waals surface area contributed by atoms with Gasteiger partial charge in [-0.25, -0.2) is 12.1 Å². The first-order valence-electron chi connectivity index (χ1n) is 6.87. The Kier molecular flexibility index (Phi) is 6.00. The molecule has 1 heterocycles. The zero-order valence-corrected chi connectivity index (χ0v) is 13.9. The van der Waals surface area contributed by atoms with Gasteiger partial charge < -0.3 is 9.84 Å². The fourth-order valence-corrected chi connectivity index (χ4v) is 2.36. The summed E-state index contributed by atoms with van der Waals surface area (Å²) in [7, 11) is 0. The predicted octanol–water partition coefficient (Wildman–Crippen LogP) is 4.22. The normalized spacial score (nSPS) is 14.2. The van der Waals surface area contributed by atoms with Crippen molar-refractivity contribution in [2.24, 2.45) is 0 Å². The van der Waals surface area contributed by atoms with Crippen molar-refractivity contribution in [3.8, 4) is 5.75 Å². The molecule has 0 bridgehead atoms. The number of hydrogen-bond donors (Lipinski definition) is 0. The Morgan fingerprint density at radius 1 is 1.00 bits per heavy atom. The Hall–Kier alpha value is -2.06. The molecule has 0 N–H and O–H groups in total. The van der Waals surface area contributed by atoms with Crippen molar-refractivity contribution in [1.29, 1.82) is 0 Å². The van der Waals surface area contributed by atoms with E-state index in [1.807, 2.05) is 54.6 Å². The number of para-hydroxylation sites is 1. The third-order valence-electron chi connectivity index (χ3n) is 3.21. The Morgan fingerprint density at radius 3 is 2.30 bits per heavy atom. The van der Waals surface area contributed by atoms with Crippen LogP contribution in [-0.2, 0) is 17.1 Å². The standard InChI is InChI=1S/C14H9ClO2.C5H5.Fe/c15-11-7-3-6-10-12(16)8-13(17-14(10)11)9-4-1-2-5-9;1-2-4-5-3-1;/h1-8,16H;1-5H;/q;-1;+2/p-1. The van der Waals surface area contributed by atoms with Gasteiger partial charge in [0.15, 0.2) is 5.75 Å². The van der Waals surface area contributed by atoms with Crippen molar-refractivity contribution < 1.29 is 26.9 Å². The predicted molar refractivity (Wildman–Crippen MR) is 87.4 cm³/mol. The number of hydrogen-bond acceptors (Lipinski definition) is 2. The van der Waals surface area contributed by atoms with Crippen molar-refractivity contribution in [2.75, 3.05) is 0 Å². The summed E-state index contributed by atoms with van der Waals surface area (Å²) >= 11 is 6.03. The van der Waals surface area contributed by atoms with Crippen molar-refractivity contribution in [1.82, 2.24) is 0 Å². The van der Waals surface area contributed by atoms with Gasteiger partial charge in [-0.2, -0.15) is 18.2 Å². The smallest absolute Gasteiger partial charge is 0.872 e. The van der Waals surface area contributed by atoms with E-state index in [1.54, 1.807) is 18.2 Å². The van der Waals surface area contributed by atoms with Gasteiger partial charge in [0.2, 0.25) is 0 Å². The van der Waals surface area contributed by atoms with E-state index < -0.39 is 0 Å².